The smallest absolute Gasteiger partial charge is 0.166 e. The van der Waals surface area contributed by atoms with E-state index in [9.17, 15) is 0 Å². The van der Waals surface area contributed by atoms with Crippen molar-refractivity contribution in [3.8, 4) is 10.7 Å². The fourth-order valence-electron chi connectivity index (χ4n) is 1.21. The predicted molar refractivity (Wildman–Crippen MR) is 68.2 cm³/mol. The standard InChI is InChI=1S/C10H11BrN4S/c11-7-3-4-8(13-6-7)10-15-14-9(16-10)2-1-5-12/h3-4,6H,1-2,5,12H2. The van der Waals surface area contributed by atoms with Crippen LogP contribution in [0.4, 0.5) is 0 Å². The van der Waals surface area contributed by atoms with Gasteiger partial charge in [-0.15, -0.1) is 10.2 Å². The Hall–Kier alpha value is -0.850. The maximum atomic E-state index is 5.45. The molecule has 0 bridgehead atoms. The van der Waals surface area contributed by atoms with Gasteiger partial charge < -0.3 is 5.73 Å². The lowest BCUT2D eigenvalue weighted by atomic mass is 10.3. The molecule has 0 radical (unpaired) electrons. The quantitative estimate of drug-likeness (QED) is 0.940. The van der Waals surface area contributed by atoms with Crippen molar-refractivity contribution < 1.29 is 0 Å². The van der Waals surface area contributed by atoms with Gasteiger partial charge in [0, 0.05) is 17.1 Å². The Morgan fingerprint density at radius 2 is 2.19 bits per heavy atom. The van der Waals surface area contributed by atoms with Crippen molar-refractivity contribution in [2.75, 3.05) is 6.54 Å². The maximum Gasteiger partial charge on any atom is 0.166 e. The van der Waals surface area contributed by atoms with E-state index in [4.69, 9.17) is 5.73 Å². The minimum absolute atomic E-state index is 0.686. The Labute approximate surface area is 106 Å². The Morgan fingerprint density at radius 3 is 2.88 bits per heavy atom. The number of rotatable bonds is 4. The molecule has 4 nitrogen and oxygen atoms in total. The van der Waals surface area contributed by atoms with E-state index >= 15 is 0 Å². The molecule has 0 aromatic carbocycles. The van der Waals surface area contributed by atoms with Gasteiger partial charge in [0.05, 0.1) is 0 Å². The molecule has 0 amide bonds. The molecule has 0 fully saturated rings. The van der Waals surface area contributed by atoms with Gasteiger partial charge in [-0.3, -0.25) is 4.98 Å². The molecule has 0 aliphatic heterocycles. The van der Waals surface area contributed by atoms with Gasteiger partial charge in [-0.1, -0.05) is 11.3 Å². The zero-order chi connectivity index (χ0) is 11.4. The van der Waals surface area contributed by atoms with E-state index in [1.54, 1.807) is 17.5 Å². The molecule has 0 aliphatic rings. The van der Waals surface area contributed by atoms with Crippen LogP contribution in [0, 0.1) is 0 Å². The van der Waals surface area contributed by atoms with Gasteiger partial charge in [0.15, 0.2) is 5.01 Å². The third-order valence-electron chi connectivity index (χ3n) is 2.01. The fourth-order valence-corrected chi connectivity index (χ4v) is 2.31. The second-order valence-electron chi connectivity index (χ2n) is 3.25. The molecule has 0 aliphatic carbocycles. The Bertz CT molecular complexity index is 454. The lowest BCUT2D eigenvalue weighted by Gasteiger charge is -1.93. The summed E-state index contributed by atoms with van der Waals surface area (Å²) >= 11 is 4.92. The average molecular weight is 299 g/mol. The van der Waals surface area contributed by atoms with Crippen LogP contribution in [-0.2, 0) is 6.42 Å². The van der Waals surface area contributed by atoms with Crippen LogP contribution >= 0.6 is 27.3 Å². The predicted octanol–water partition coefficient (Wildman–Crippen LogP) is 2.25. The number of nitrogens with zero attached hydrogens (tertiary/aromatic N) is 3. The summed E-state index contributed by atoms with van der Waals surface area (Å²) in [5.41, 5.74) is 6.31. The highest BCUT2D eigenvalue weighted by atomic mass is 79.9. The highest BCUT2D eigenvalue weighted by Gasteiger charge is 2.07. The monoisotopic (exact) mass is 298 g/mol. The van der Waals surface area contributed by atoms with Crippen LogP contribution in [-0.4, -0.2) is 21.7 Å². The van der Waals surface area contributed by atoms with Crippen molar-refractivity contribution in [1.82, 2.24) is 15.2 Å². The molecule has 2 aromatic rings. The Balaban J connectivity index is 2.15. The molecular weight excluding hydrogens is 288 g/mol. The van der Waals surface area contributed by atoms with Gasteiger partial charge in [0.25, 0.3) is 0 Å². The van der Waals surface area contributed by atoms with Gasteiger partial charge in [-0.05, 0) is 41.0 Å². The minimum Gasteiger partial charge on any atom is -0.330 e. The van der Waals surface area contributed by atoms with Crippen molar-refractivity contribution in [3.63, 3.8) is 0 Å². The van der Waals surface area contributed by atoms with Crippen molar-refractivity contribution in [3.05, 3.63) is 27.8 Å². The third kappa shape index (κ3) is 2.84. The lowest BCUT2D eigenvalue weighted by molar-refractivity contribution is 0.812. The second-order valence-corrected chi connectivity index (χ2v) is 5.23. The molecule has 2 N–H and O–H groups in total. The molecule has 0 atom stereocenters. The van der Waals surface area contributed by atoms with Crippen LogP contribution in [0.2, 0.25) is 0 Å². The average Bonchev–Trinajstić information content (AvgIpc) is 2.76. The van der Waals surface area contributed by atoms with Crippen LogP contribution < -0.4 is 5.73 Å². The molecule has 84 valence electrons. The summed E-state index contributed by atoms with van der Waals surface area (Å²) in [7, 11) is 0. The largest absolute Gasteiger partial charge is 0.330 e. The summed E-state index contributed by atoms with van der Waals surface area (Å²) in [5, 5.41) is 10.1. The fraction of sp³-hybridized carbons (Fsp3) is 0.300. The molecule has 0 unspecified atom stereocenters. The van der Waals surface area contributed by atoms with Gasteiger partial charge in [-0.25, -0.2) is 0 Å². The molecule has 0 saturated heterocycles. The van der Waals surface area contributed by atoms with E-state index < -0.39 is 0 Å². The van der Waals surface area contributed by atoms with E-state index in [0.717, 1.165) is 33.0 Å². The van der Waals surface area contributed by atoms with Gasteiger partial charge in [0.2, 0.25) is 0 Å². The van der Waals surface area contributed by atoms with Crippen LogP contribution in [0.5, 0.6) is 0 Å². The van der Waals surface area contributed by atoms with Crippen LogP contribution in [0.15, 0.2) is 22.8 Å². The van der Waals surface area contributed by atoms with Crippen LogP contribution in [0.1, 0.15) is 11.4 Å². The number of hydrogen-bond donors (Lipinski definition) is 1. The summed E-state index contributed by atoms with van der Waals surface area (Å²) in [6.45, 7) is 0.686. The van der Waals surface area contributed by atoms with Gasteiger partial charge >= 0.3 is 0 Å². The van der Waals surface area contributed by atoms with E-state index in [1.807, 2.05) is 12.1 Å². The van der Waals surface area contributed by atoms with Crippen molar-refractivity contribution in [2.45, 2.75) is 12.8 Å². The number of hydrogen-bond acceptors (Lipinski definition) is 5. The van der Waals surface area contributed by atoms with Crippen molar-refractivity contribution in [1.29, 1.82) is 0 Å². The summed E-state index contributed by atoms with van der Waals surface area (Å²) in [5.74, 6) is 0. The zero-order valence-corrected chi connectivity index (χ0v) is 11.0. The van der Waals surface area contributed by atoms with E-state index in [1.165, 1.54) is 0 Å². The first-order valence-electron chi connectivity index (χ1n) is 4.94. The molecule has 16 heavy (non-hydrogen) atoms. The summed E-state index contributed by atoms with van der Waals surface area (Å²) in [4.78, 5) is 4.28. The van der Waals surface area contributed by atoms with Crippen molar-refractivity contribution >= 4 is 27.3 Å². The molecule has 2 aromatic heterocycles. The number of halogens is 1. The van der Waals surface area contributed by atoms with E-state index in [2.05, 4.69) is 31.1 Å². The summed E-state index contributed by atoms with van der Waals surface area (Å²) in [6, 6.07) is 3.88. The highest BCUT2D eigenvalue weighted by molar-refractivity contribution is 9.10. The molecule has 0 saturated carbocycles. The first-order chi connectivity index (χ1) is 7.79. The summed E-state index contributed by atoms with van der Waals surface area (Å²) in [6.07, 6.45) is 3.60. The second kappa shape index (κ2) is 5.47. The van der Waals surface area contributed by atoms with E-state index in [0.29, 0.717) is 6.54 Å². The Kier molecular flexibility index (Phi) is 3.98. The molecule has 2 rings (SSSR count). The Morgan fingerprint density at radius 1 is 1.31 bits per heavy atom. The minimum atomic E-state index is 0.686. The third-order valence-corrected chi connectivity index (χ3v) is 3.48. The first-order valence-corrected chi connectivity index (χ1v) is 6.55. The van der Waals surface area contributed by atoms with E-state index in [-0.39, 0.29) is 0 Å². The van der Waals surface area contributed by atoms with Crippen LogP contribution in [0.25, 0.3) is 10.7 Å². The normalized spacial score (nSPS) is 10.6. The molecule has 0 spiro atoms. The molecule has 6 heteroatoms. The molecule has 2 heterocycles. The highest BCUT2D eigenvalue weighted by Crippen LogP contribution is 2.23. The topological polar surface area (TPSA) is 64.7 Å². The lowest BCUT2D eigenvalue weighted by Crippen LogP contribution is -1.99. The number of aromatic nitrogens is 3. The van der Waals surface area contributed by atoms with Crippen molar-refractivity contribution in [2.24, 2.45) is 5.73 Å². The SMILES string of the molecule is NCCCc1nnc(-c2ccc(Br)cn2)s1. The van der Waals surface area contributed by atoms with Gasteiger partial charge in [0.1, 0.15) is 10.7 Å². The number of pyridine rings is 1. The van der Waals surface area contributed by atoms with Gasteiger partial charge in [-0.2, -0.15) is 0 Å². The van der Waals surface area contributed by atoms with Crippen LogP contribution in [0.3, 0.4) is 0 Å². The number of nitrogens with two attached hydrogens (primary N) is 1. The number of aryl methyl sites for hydroxylation is 1. The maximum absolute atomic E-state index is 5.45. The zero-order valence-electron chi connectivity index (χ0n) is 8.56. The summed E-state index contributed by atoms with van der Waals surface area (Å²) < 4.78 is 0.962. The first kappa shape index (κ1) is 11.6. The molecular formula is C10H11BrN4S.